The van der Waals surface area contributed by atoms with Crippen LogP contribution in [-0.4, -0.2) is 19.4 Å². The molecule has 3 nitrogen and oxygen atoms in total. The standard InChI is InChI=1S/C15H17NO2/c1-11(17)16-9-8-13-5-3-4-12-6-7-14(18-2)10-15(12)13/h3-7,10H,8-9H2,1-2H3,(H,16,17)/i2D3,9D2/hD. The van der Waals surface area contributed by atoms with E-state index in [1.807, 2.05) is 0 Å². The molecule has 3 heteroatoms. The van der Waals surface area contributed by atoms with Crippen molar-refractivity contribution < 1.29 is 17.8 Å². The second-order valence-electron chi connectivity index (χ2n) is 3.87. The lowest BCUT2D eigenvalue weighted by Crippen LogP contribution is -2.22. The minimum absolute atomic E-state index is 0.143. The van der Waals surface area contributed by atoms with E-state index in [4.69, 9.17) is 13.0 Å². The van der Waals surface area contributed by atoms with Crippen LogP contribution in [0.15, 0.2) is 36.4 Å². The number of amides is 1. The van der Waals surface area contributed by atoms with Gasteiger partial charge in [0.25, 0.3) is 0 Å². The first kappa shape index (κ1) is 6.78. The molecule has 0 heterocycles. The van der Waals surface area contributed by atoms with E-state index in [1.165, 1.54) is 12.1 Å². The quantitative estimate of drug-likeness (QED) is 0.904. The zero-order chi connectivity index (χ0) is 18.1. The monoisotopic (exact) mass is 249 g/mol. The van der Waals surface area contributed by atoms with Crippen molar-refractivity contribution in [2.75, 3.05) is 13.5 Å². The Morgan fingerprint density at radius 3 is 3.17 bits per heavy atom. The maximum atomic E-state index is 11.3. The van der Waals surface area contributed by atoms with Crippen molar-refractivity contribution in [3.8, 4) is 5.75 Å². The van der Waals surface area contributed by atoms with Gasteiger partial charge in [0, 0.05) is 16.2 Å². The lowest BCUT2D eigenvalue weighted by atomic mass is 10.0. The predicted molar refractivity (Wildman–Crippen MR) is 72.9 cm³/mol. The molecule has 18 heavy (non-hydrogen) atoms. The van der Waals surface area contributed by atoms with Gasteiger partial charge in [-0.2, -0.15) is 0 Å². The molecule has 2 rings (SSSR count). The second-order valence-corrected chi connectivity index (χ2v) is 3.87. The number of fused-ring (bicyclic) bond motifs is 1. The first-order valence-corrected chi connectivity index (χ1v) is 5.50. The number of benzene rings is 2. The number of methoxy groups -OCH3 is 1. The minimum atomic E-state index is -2.58. The number of hydrogen-bond donors (Lipinski definition) is 1. The van der Waals surface area contributed by atoms with Gasteiger partial charge in [0.1, 0.15) is 5.75 Å². The highest BCUT2D eigenvalue weighted by molar-refractivity contribution is 5.87. The summed E-state index contributed by atoms with van der Waals surface area (Å²) in [4.78, 5) is 11.3. The zero-order valence-electron chi connectivity index (χ0n) is 15.9. The normalized spacial score (nSPS) is 16.7. The summed E-state index contributed by atoms with van der Waals surface area (Å²) in [5.41, 5.74) is 0.548. The third-order valence-electron chi connectivity index (χ3n) is 2.57. The molecule has 0 fully saturated rings. The van der Waals surface area contributed by atoms with Crippen molar-refractivity contribution >= 4 is 16.7 Å². The topological polar surface area (TPSA) is 38.3 Å². The minimum Gasteiger partial charge on any atom is -0.497 e. The molecular weight excluding hydrogens is 226 g/mol. The van der Waals surface area contributed by atoms with Crippen LogP contribution < -0.4 is 10.0 Å². The molecule has 0 aliphatic carbocycles. The summed E-state index contributed by atoms with van der Waals surface area (Å²) < 4.78 is 49.8. The molecule has 0 aliphatic rings. The van der Waals surface area contributed by atoms with Gasteiger partial charge in [-0.05, 0) is 34.9 Å². The van der Waals surface area contributed by atoms with Crippen LogP contribution in [0.25, 0.3) is 10.8 Å². The number of carbonyl (C=O) groups is 1. The molecule has 0 saturated carbocycles. The molecule has 0 aliphatic heterocycles. The molecule has 0 bridgehead atoms. The van der Waals surface area contributed by atoms with Crippen molar-refractivity contribution in [3.63, 3.8) is 0 Å². The fourth-order valence-corrected chi connectivity index (χ4v) is 1.77. The van der Waals surface area contributed by atoms with E-state index in [1.54, 1.807) is 24.3 Å². The Hall–Kier alpha value is -2.03. The van der Waals surface area contributed by atoms with E-state index in [2.05, 4.69) is 0 Å². The summed E-state index contributed by atoms with van der Waals surface area (Å²) in [6.45, 7) is -1.07. The molecular formula is C15H17NO2. The molecule has 0 atom stereocenters. The van der Waals surface area contributed by atoms with E-state index < -0.39 is 19.4 Å². The lowest BCUT2D eigenvalue weighted by Gasteiger charge is -2.08. The molecule has 0 unspecified atom stereocenters. The predicted octanol–water partition coefficient (Wildman–Crippen LogP) is 2.53. The van der Waals surface area contributed by atoms with E-state index in [-0.39, 0.29) is 12.2 Å². The number of carbonyl (C=O) groups excluding carboxylic acids is 1. The zero-order valence-corrected chi connectivity index (χ0v) is 9.93. The first-order chi connectivity index (χ1) is 11.0. The van der Waals surface area contributed by atoms with Gasteiger partial charge in [0.15, 0.2) is 1.41 Å². The molecule has 0 spiro atoms. The number of ether oxygens (including phenoxy) is 1. The van der Waals surface area contributed by atoms with Crippen molar-refractivity contribution in [1.82, 2.24) is 5.31 Å². The summed E-state index contributed by atoms with van der Waals surface area (Å²) in [6, 6.07) is 9.94. The van der Waals surface area contributed by atoms with Crippen molar-refractivity contribution in [2.45, 2.75) is 13.3 Å². The molecule has 0 saturated heterocycles. The number of hydrogen-bond acceptors (Lipinski definition) is 2. The Balaban J connectivity index is 2.43. The van der Waals surface area contributed by atoms with E-state index in [0.29, 0.717) is 16.3 Å². The van der Waals surface area contributed by atoms with Gasteiger partial charge in [-0.25, -0.2) is 0 Å². The van der Waals surface area contributed by atoms with Gasteiger partial charge in [-0.1, -0.05) is 24.3 Å². The largest absolute Gasteiger partial charge is 0.497 e. The summed E-state index contributed by atoms with van der Waals surface area (Å²) in [5.74, 6) is -0.559. The smallest absolute Gasteiger partial charge is 0.216 e. The van der Waals surface area contributed by atoms with Crippen molar-refractivity contribution in [2.24, 2.45) is 0 Å². The highest BCUT2D eigenvalue weighted by atomic mass is 16.5. The highest BCUT2D eigenvalue weighted by Crippen LogP contribution is 2.24. The van der Waals surface area contributed by atoms with Gasteiger partial charge in [-0.3, -0.25) is 4.79 Å². The molecule has 0 aromatic heterocycles. The fourth-order valence-electron chi connectivity index (χ4n) is 1.77. The van der Waals surface area contributed by atoms with Gasteiger partial charge < -0.3 is 10.0 Å². The summed E-state index contributed by atoms with van der Waals surface area (Å²) in [6.07, 6.45) is -0.204. The Morgan fingerprint density at radius 2 is 2.39 bits per heavy atom. The van der Waals surface area contributed by atoms with Crippen LogP contribution in [0.4, 0.5) is 0 Å². The third-order valence-corrected chi connectivity index (χ3v) is 2.57. The molecule has 2 aromatic rings. The Kier molecular flexibility index (Phi) is 2.09. The molecule has 2 aromatic carbocycles. The van der Waals surface area contributed by atoms with Crippen LogP contribution in [0.2, 0.25) is 1.41 Å². The van der Waals surface area contributed by atoms with Crippen LogP contribution in [0, 0.1) is 0 Å². The van der Waals surface area contributed by atoms with Crippen molar-refractivity contribution in [3.05, 3.63) is 42.0 Å². The van der Waals surface area contributed by atoms with Crippen molar-refractivity contribution in [1.29, 1.82) is 0 Å². The van der Waals surface area contributed by atoms with E-state index in [0.717, 1.165) is 12.3 Å². The van der Waals surface area contributed by atoms with E-state index in [9.17, 15) is 4.79 Å². The number of rotatable bonds is 4. The summed E-state index contributed by atoms with van der Waals surface area (Å²) in [7, 11) is -2.58. The second kappa shape index (κ2) is 5.54. The summed E-state index contributed by atoms with van der Waals surface area (Å²) >= 11 is 0. The number of nitrogens with one attached hydrogen (secondary N) is 1. The first-order valence-electron chi connectivity index (χ1n) is 8.45. The average Bonchev–Trinajstić information content (AvgIpc) is 2.45. The summed E-state index contributed by atoms with van der Waals surface area (Å²) in [5, 5.41) is 1.69. The van der Waals surface area contributed by atoms with Gasteiger partial charge >= 0.3 is 0 Å². The molecule has 94 valence electrons. The average molecular weight is 249 g/mol. The van der Waals surface area contributed by atoms with Crippen LogP contribution >= 0.6 is 0 Å². The SMILES string of the molecule is [2H]N(C(C)=O)C([2H])([2H])Cc1cccc2ccc(OC([2H])([2H])[2H])cc12. The van der Waals surface area contributed by atoms with Crippen LogP contribution in [0.5, 0.6) is 5.75 Å². The van der Waals surface area contributed by atoms with Crippen LogP contribution in [-0.2, 0) is 11.2 Å². The molecule has 0 radical (unpaired) electrons. The molecule has 1 amide bonds. The van der Waals surface area contributed by atoms with Crippen LogP contribution in [0.3, 0.4) is 0 Å². The Labute approximate surface area is 115 Å². The van der Waals surface area contributed by atoms with E-state index >= 15 is 0 Å². The fraction of sp³-hybridized carbons (Fsp3) is 0.267. The lowest BCUT2D eigenvalue weighted by molar-refractivity contribution is -0.118. The van der Waals surface area contributed by atoms with Gasteiger partial charge in [0.2, 0.25) is 5.91 Å². The Morgan fingerprint density at radius 1 is 1.50 bits per heavy atom. The maximum absolute atomic E-state index is 11.3. The van der Waals surface area contributed by atoms with Crippen LogP contribution in [0.1, 0.15) is 19.3 Å². The number of aryl methyl sites for hydroxylation is 1. The maximum Gasteiger partial charge on any atom is 0.216 e. The van der Waals surface area contributed by atoms with Gasteiger partial charge in [0.05, 0.1) is 11.2 Å². The third kappa shape index (κ3) is 2.80. The molecule has 1 N–H and O–H groups in total. The highest BCUT2D eigenvalue weighted by Gasteiger charge is 2.03. The Bertz CT molecular complexity index is 759. The van der Waals surface area contributed by atoms with Gasteiger partial charge in [-0.15, -0.1) is 0 Å².